The molecular formula is C9H20Si. The van der Waals surface area contributed by atoms with Gasteiger partial charge in [0.2, 0.25) is 0 Å². The summed E-state index contributed by atoms with van der Waals surface area (Å²) in [5.74, 6) is 0.761. The predicted molar refractivity (Wildman–Crippen MR) is 52.3 cm³/mol. The number of allylic oxidation sites excluding steroid dienone is 1. The molecule has 1 heteroatoms. The van der Waals surface area contributed by atoms with E-state index in [9.17, 15) is 0 Å². The Balaban J connectivity index is 3.51. The highest BCUT2D eigenvalue weighted by molar-refractivity contribution is 6.58. The quantitative estimate of drug-likeness (QED) is 0.424. The first-order valence-corrected chi connectivity index (χ1v) is 6.82. The predicted octanol–water partition coefficient (Wildman–Crippen LogP) is 3.08. The molecule has 0 aliphatic carbocycles. The van der Waals surface area contributed by atoms with Gasteiger partial charge in [-0.15, -0.1) is 6.58 Å². The summed E-state index contributed by atoms with van der Waals surface area (Å²) in [5, 5.41) is 0. The molecule has 0 bridgehead atoms. The van der Waals surface area contributed by atoms with Crippen LogP contribution in [-0.2, 0) is 0 Å². The molecule has 0 radical (unpaired) electrons. The number of rotatable bonds is 5. The van der Waals surface area contributed by atoms with Gasteiger partial charge in [-0.25, -0.2) is 0 Å². The zero-order chi connectivity index (χ0) is 7.98. The summed E-state index contributed by atoms with van der Waals surface area (Å²) >= 11 is 0. The van der Waals surface area contributed by atoms with Crippen LogP contribution in [0.3, 0.4) is 0 Å². The van der Waals surface area contributed by atoms with Crippen molar-refractivity contribution in [1.82, 2.24) is 0 Å². The van der Waals surface area contributed by atoms with Gasteiger partial charge in [0.15, 0.2) is 0 Å². The van der Waals surface area contributed by atoms with Crippen LogP contribution in [0, 0.1) is 5.92 Å². The van der Waals surface area contributed by atoms with E-state index in [-0.39, 0.29) is 8.80 Å². The van der Waals surface area contributed by atoms with Gasteiger partial charge in [-0.1, -0.05) is 45.0 Å². The van der Waals surface area contributed by atoms with Crippen LogP contribution in [0.4, 0.5) is 0 Å². The average molecular weight is 156 g/mol. The van der Waals surface area contributed by atoms with Gasteiger partial charge in [0.25, 0.3) is 0 Å². The number of hydrogen-bond acceptors (Lipinski definition) is 0. The molecule has 0 saturated carbocycles. The van der Waals surface area contributed by atoms with Gasteiger partial charge >= 0.3 is 0 Å². The lowest BCUT2D eigenvalue weighted by Crippen LogP contribution is -2.11. The molecule has 0 heterocycles. The molecule has 60 valence electrons. The summed E-state index contributed by atoms with van der Waals surface area (Å²) in [7, 11) is -0.339. The van der Waals surface area contributed by atoms with Gasteiger partial charge < -0.3 is 0 Å². The fourth-order valence-corrected chi connectivity index (χ4v) is 3.73. The largest absolute Gasteiger partial charge is 0.103 e. The second-order valence-corrected chi connectivity index (χ2v) is 6.97. The highest BCUT2D eigenvalue weighted by Crippen LogP contribution is 2.13. The van der Waals surface area contributed by atoms with Gasteiger partial charge in [0.1, 0.15) is 0 Å². The summed E-state index contributed by atoms with van der Waals surface area (Å²) < 4.78 is 0. The van der Waals surface area contributed by atoms with Gasteiger partial charge in [0.05, 0.1) is 0 Å². The zero-order valence-corrected chi connectivity index (χ0v) is 8.72. The van der Waals surface area contributed by atoms with E-state index in [0.717, 1.165) is 5.92 Å². The maximum Gasteiger partial charge on any atom is 0.0368 e. The second-order valence-electron chi connectivity index (χ2n) is 3.13. The lowest BCUT2D eigenvalue weighted by molar-refractivity contribution is 0.814. The van der Waals surface area contributed by atoms with Gasteiger partial charge in [-0.2, -0.15) is 0 Å². The standard InChI is InChI=1S/C9H20Si/c1-5-9(4)8-10(6-2)7-3/h5,9-10H,1,6-8H2,2-4H3. The summed E-state index contributed by atoms with van der Waals surface area (Å²) in [5.41, 5.74) is 0. The van der Waals surface area contributed by atoms with Crippen molar-refractivity contribution < 1.29 is 0 Å². The van der Waals surface area contributed by atoms with Crippen molar-refractivity contribution in [2.24, 2.45) is 5.92 Å². The third-order valence-electron chi connectivity index (χ3n) is 2.26. The van der Waals surface area contributed by atoms with E-state index < -0.39 is 0 Å². The van der Waals surface area contributed by atoms with E-state index in [1.165, 1.54) is 18.1 Å². The van der Waals surface area contributed by atoms with Crippen LogP contribution >= 0.6 is 0 Å². The molecule has 0 aliphatic heterocycles. The minimum absolute atomic E-state index is 0.339. The van der Waals surface area contributed by atoms with Crippen LogP contribution in [0.5, 0.6) is 0 Å². The minimum atomic E-state index is -0.339. The zero-order valence-electron chi connectivity index (χ0n) is 7.56. The monoisotopic (exact) mass is 156 g/mol. The Morgan fingerprint density at radius 2 is 1.90 bits per heavy atom. The van der Waals surface area contributed by atoms with Crippen molar-refractivity contribution in [1.29, 1.82) is 0 Å². The Morgan fingerprint density at radius 1 is 1.40 bits per heavy atom. The molecule has 0 nitrogen and oxygen atoms in total. The second kappa shape index (κ2) is 5.72. The molecule has 0 amide bonds. The van der Waals surface area contributed by atoms with Crippen molar-refractivity contribution in [2.75, 3.05) is 0 Å². The first-order valence-electron chi connectivity index (χ1n) is 4.37. The molecular weight excluding hydrogens is 136 g/mol. The summed E-state index contributed by atoms with van der Waals surface area (Å²) in [6.07, 6.45) is 2.09. The Bertz CT molecular complexity index is 84.7. The summed E-state index contributed by atoms with van der Waals surface area (Å²) in [6.45, 7) is 10.7. The van der Waals surface area contributed by atoms with E-state index >= 15 is 0 Å². The minimum Gasteiger partial charge on any atom is -0.103 e. The molecule has 1 unspecified atom stereocenters. The molecule has 0 fully saturated rings. The van der Waals surface area contributed by atoms with E-state index in [0.29, 0.717) is 0 Å². The Morgan fingerprint density at radius 3 is 2.20 bits per heavy atom. The molecule has 1 atom stereocenters. The smallest absolute Gasteiger partial charge is 0.0368 e. The first kappa shape index (κ1) is 9.96. The van der Waals surface area contributed by atoms with Crippen molar-refractivity contribution >= 4 is 8.80 Å². The topological polar surface area (TPSA) is 0 Å². The van der Waals surface area contributed by atoms with Crippen LogP contribution < -0.4 is 0 Å². The fraction of sp³-hybridized carbons (Fsp3) is 0.778. The van der Waals surface area contributed by atoms with Crippen LogP contribution in [0.2, 0.25) is 18.1 Å². The molecule has 0 aromatic heterocycles. The third kappa shape index (κ3) is 3.88. The Labute approximate surface area is 66.9 Å². The van der Waals surface area contributed by atoms with Gasteiger partial charge in [-0.05, 0) is 5.92 Å². The van der Waals surface area contributed by atoms with Crippen molar-refractivity contribution in [2.45, 2.75) is 38.9 Å². The Kier molecular flexibility index (Phi) is 5.70. The maximum absolute atomic E-state index is 3.80. The Hall–Kier alpha value is -0.0431. The molecule has 0 saturated heterocycles. The van der Waals surface area contributed by atoms with Crippen molar-refractivity contribution in [3.63, 3.8) is 0 Å². The lowest BCUT2D eigenvalue weighted by Gasteiger charge is -2.12. The third-order valence-corrected chi connectivity index (χ3v) is 5.98. The molecule has 0 N–H and O–H groups in total. The lowest BCUT2D eigenvalue weighted by atomic mass is 10.2. The normalized spacial score (nSPS) is 13.6. The number of hydrogen-bond donors (Lipinski definition) is 0. The van der Waals surface area contributed by atoms with Crippen LogP contribution in [-0.4, -0.2) is 8.80 Å². The molecule has 0 aromatic rings. The summed E-state index contributed by atoms with van der Waals surface area (Å²) in [6, 6.07) is 4.36. The molecule has 0 aliphatic rings. The molecule has 0 spiro atoms. The van der Waals surface area contributed by atoms with E-state index in [2.05, 4.69) is 33.4 Å². The summed E-state index contributed by atoms with van der Waals surface area (Å²) in [4.78, 5) is 0. The fourth-order valence-electron chi connectivity index (χ4n) is 1.24. The maximum atomic E-state index is 3.80. The molecule has 0 rings (SSSR count). The van der Waals surface area contributed by atoms with Gasteiger partial charge in [-0.3, -0.25) is 0 Å². The van der Waals surface area contributed by atoms with Crippen molar-refractivity contribution in [3.05, 3.63) is 12.7 Å². The first-order chi connectivity index (χ1) is 4.74. The molecule has 0 aromatic carbocycles. The van der Waals surface area contributed by atoms with Crippen LogP contribution in [0.15, 0.2) is 12.7 Å². The van der Waals surface area contributed by atoms with E-state index in [1.54, 1.807) is 0 Å². The van der Waals surface area contributed by atoms with Crippen LogP contribution in [0.25, 0.3) is 0 Å². The SMILES string of the molecule is C=CC(C)C[SiH](CC)CC. The molecule has 10 heavy (non-hydrogen) atoms. The van der Waals surface area contributed by atoms with E-state index in [4.69, 9.17) is 0 Å². The average Bonchev–Trinajstić information content (AvgIpc) is 1.99. The van der Waals surface area contributed by atoms with Crippen molar-refractivity contribution in [3.8, 4) is 0 Å². The highest BCUT2D eigenvalue weighted by Gasteiger charge is 2.07. The van der Waals surface area contributed by atoms with Crippen LogP contribution in [0.1, 0.15) is 20.8 Å². The highest BCUT2D eigenvalue weighted by atomic mass is 28.3. The van der Waals surface area contributed by atoms with Gasteiger partial charge in [0, 0.05) is 8.80 Å². The van der Waals surface area contributed by atoms with E-state index in [1.807, 2.05) is 0 Å².